The Bertz CT molecular complexity index is 672. The van der Waals surface area contributed by atoms with Gasteiger partial charge in [0.2, 0.25) is 0 Å². The molecule has 0 aliphatic carbocycles. The van der Waals surface area contributed by atoms with Gasteiger partial charge in [0.05, 0.1) is 0 Å². The van der Waals surface area contributed by atoms with E-state index in [0.717, 1.165) is 0 Å². The first-order chi connectivity index (χ1) is 9.47. The van der Waals surface area contributed by atoms with Gasteiger partial charge in [0.25, 0.3) is 5.91 Å². The summed E-state index contributed by atoms with van der Waals surface area (Å²) in [4.78, 5) is 24.0. The summed E-state index contributed by atoms with van der Waals surface area (Å²) in [5.74, 6) is -1.26. The fraction of sp³-hybridized carbons (Fsp3) is 0.0833. The molecule has 0 atom stereocenters. The van der Waals surface area contributed by atoms with Crippen molar-refractivity contribution < 1.29 is 14.1 Å². The van der Waals surface area contributed by atoms with E-state index >= 15 is 0 Å². The number of carbonyl (C=O) groups is 1. The van der Waals surface area contributed by atoms with Crippen molar-refractivity contribution in [2.24, 2.45) is 0 Å². The predicted octanol–water partition coefficient (Wildman–Crippen LogP) is 2.75. The number of benzene rings is 1. The number of rotatable bonds is 4. The Labute approximate surface area is 121 Å². The zero-order valence-electron chi connectivity index (χ0n) is 10.0. The van der Waals surface area contributed by atoms with Gasteiger partial charge in [-0.25, -0.2) is 9.37 Å². The first-order valence-corrected chi connectivity index (χ1v) is 6.32. The Morgan fingerprint density at radius 2 is 2.15 bits per heavy atom. The molecule has 2 aromatic rings. The molecule has 0 saturated heterocycles. The average Bonchev–Trinajstić information content (AvgIpc) is 2.89. The van der Waals surface area contributed by atoms with Gasteiger partial charge in [0, 0.05) is 22.6 Å². The Morgan fingerprint density at radius 1 is 1.40 bits per heavy atom. The van der Waals surface area contributed by atoms with E-state index in [1.165, 1.54) is 18.2 Å². The molecule has 0 spiro atoms. The summed E-state index contributed by atoms with van der Waals surface area (Å²) in [5.41, 5.74) is 0.362. The van der Waals surface area contributed by atoms with Crippen LogP contribution in [0.15, 0.2) is 34.8 Å². The van der Waals surface area contributed by atoms with Gasteiger partial charge < -0.3 is 15.4 Å². The van der Waals surface area contributed by atoms with Gasteiger partial charge in [0.1, 0.15) is 5.82 Å². The van der Waals surface area contributed by atoms with E-state index in [1.807, 2.05) is 0 Å². The van der Waals surface area contributed by atoms with Gasteiger partial charge in [-0.15, -0.1) is 0 Å². The van der Waals surface area contributed by atoms with Crippen molar-refractivity contribution >= 4 is 27.7 Å². The summed E-state index contributed by atoms with van der Waals surface area (Å²) in [6.45, 7) is -0.0169. The van der Waals surface area contributed by atoms with E-state index in [2.05, 4.69) is 26.2 Å². The van der Waals surface area contributed by atoms with Gasteiger partial charge in [-0.3, -0.25) is 4.79 Å². The number of nitro groups is 1. The highest BCUT2D eigenvalue weighted by Crippen LogP contribution is 2.15. The summed E-state index contributed by atoms with van der Waals surface area (Å²) in [7, 11) is 0. The monoisotopic (exact) mass is 341 g/mol. The van der Waals surface area contributed by atoms with E-state index in [4.69, 9.17) is 0 Å². The Morgan fingerprint density at radius 3 is 2.80 bits per heavy atom. The fourth-order valence-electron chi connectivity index (χ4n) is 1.57. The SMILES string of the molecule is O=C(NCc1cc(Br)ccc1F)c1ccc([N+](=O)[O-])[nH]1. The van der Waals surface area contributed by atoms with E-state index in [9.17, 15) is 19.3 Å². The molecule has 2 N–H and O–H groups in total. The lowest BCUT2D eigenvalue weighted by Gasteiger charge is -2.05. The molecule has 1 amide bonds. The quantitative estimate of drug-likeness (QED) is 0.662. The van der Waals surface area contributed by atoms with Gasteiger partial charge in [-0.1, -0.05) is 15.9 Å². The Hall–Kier alpha value is -2.22. The van der Waals surface area contributed by atoms with Crippen molar-refractivity contribution in [3.05, 3.63) is 62.0 Å². The van der Waals surface area contributed by atoms with E-state index in [1.54, 1.807) is 12.1 Å². The van der Waals surface area contributed by atoms with Crippen LogP contribution in [0.25, 0.3) is 0 Å². The van der Waals surface area contributed by atoms with Crippen LogP contribution in [0.4, 0.5) is 10.2 Å². The zero-order chi connectivity index (χ0) is 14.7. The predicted molar refractivity (Wildman–Crippen MR) is 72.7 cm³/mol. The molecule has 1 aromatic heterocycles. The van der Waals surface area contributed by atoms with Crippen LogP contribution in [0.1, 0.15) is 16.1 Å². The number of hydrogen-bond acceptors (Lipinski definition) is 3. The maximum absolute atomic E-state index is 13.5. The highest BCUT2D eigenvalue weighted by atomic mass is 79.9. The van der Waals surface area contributed by atoms with Crippen LogP contribution in [0.5, 0.6) is 0 Å². The van der Waals surface area contributed by atoms with Crippen LogP contribution < -0.4 is 5.32 Å². The minimum atomic E-state index is -0.634. The van der Waals surface area contributed by atoms with Crippen molar-refractivity contribution in [1.29, 1.82) is 0 Å². The van der Waals surface area contributed by atoms with E-state index in [-0.39, 0.29) is 18.1 Å². The van der Waals surface area contributed by atoms with E-state index < -0.39 is 16.6 Å². The number of hydrogen-bond donors (Lipinski definition) is 2. The molecule has 20 heavy (non-hydrogen) atoms. The van der Waals surface area contributed by atoms with Crippen LogP contribution in [0.3, 0.4) is 0 Å². The third-order valence-corrected chi connectivity index (χ3v) is 3.05. The molecule has 0 saturated carbocycles. The number of nitrogens with zero attached hydrogens (tertiary/aromatic N) is 1. The van der Waals surface area contributed by atoms with Crippen molar-refractivity contribution in [3.8, 4) is 0 Å². The smallest absolute Gasteiger partial charge is 0.321 e. The number of halogens is 2. The number of aromatic amines is 1. The average molecular weight is 342 g/mol. The van der Waals surface area contributed by atoms with Crippen LogP contribution in [-0.4, -0.2) is 15.8 Å². The zero-order valence-corrected chi connectivity index (χ0v) is 11.6. The molecule has 0 bridgehead atoms. The lowest BCUT2D eigenvalue weighted by atomic mass is 10.2. The minimum Gasteiger partial charge on any atom is -0.358 e. The summed E-state index contributed by atoms with van der Waals surface area (Å²) < 4.78 is 14.2. The molecule has 0 aliphatic heterocycles. The van der Waals surface area contributed by atoms with Crippen molar-refractivity contribution in [2.75, 3.05) is 0 Å². The maximum atomic E-state index is 13.5. The molecule has 1 heterocycles. The first-order valence-electron chi connectivity index (χ1n) is 5.53. The third-order valence-electron chi connectivity index (χ3n) is 2.56. The molecule has 1 aromatic carbocycles. The second kappa shape index (κ2) is 5.83. The van der Waals surface area contributed by atoms with Gasteiger partial charge >= 0.3 is 5.82 Å². The molecular formula is C12H9BrFN3O3. The minimum absolute atomic E-state index is 0.0169. The topological polar surface area (TPSA) is 88.0 Å². The standard InChI is InChI=1S/C12H9BrFN3O3/c13-8-1-2-9(14)7(5-8)6-15-12(18)10-3-4-11(16-10)17(19)20/h1-5,16H,6H2,(H,15,18). The van der Waals surface area contributed by atoms with Gasteiger partial charge in [-0.2, -0.15) is 0 Å². The summed E-state index contributed by atoms with van der Waals surface area (Å²) in [6, 6.07) is 6.87. The molecule has 2 rings (SSSR count). The van der Waals surface area contributed by atoms with Crippen LogP contribution in [-0.2, 0) is 6.54 Å². The number of amides is 1. The molecule has 0 radical (unpaired) electrons. The summed E-state index contributed by atoms with van der Waals surface area (Å²) in [6.07, 6.45) is 0. The number of carbonyl (C=O) groups excluding carboxylic acids is 1. The number of aromatic nitrogens is 1. The van der Waals surface area contributed by atoms with Crippen LogP contribution >= 0.6 is 15.9 Å². The van der Waals surface area contributed by atoms with Crippen molar-refractivity contribution in [3.63, 3.8) is 0 Å². The molecule has 104 valence electrons. The summed E-state index contributed by atoms with van der Waals surface area (Å²) >= 11 is 3.21. The molecule has 0 aliphatic rings. The highest BCUT2D eigenvalue weighted by molar-refractivity contribution is 9.10. The molecule has 0 fully saturated rings. The van der Waals surface area contributed by atoms with Crippen molar-refractivity contribution in [2.45, 2.75) is 6.54 Å². The highest BCUT2D eigenvalue weighted by Gasteiger charge is 2.15. The van der Waals surface area contributed by atoms with Crippen molar-refractivity contribution in [1.82, 2.24) is 10.3 Å². The lowest BCUT2D eigenvalue weighted by Crippen LogP contribution is -2.23. The Kier molecular flexibility index (Phi) is 4.14. The third kappa shape index (κ3) is 3.21. The lowest BCUT2D eigenvalue weighted by molar-refractivity contribution is -0.389. The maximum Gasteiger partial charge on any atom is 0.321 e. The van der Waals surface area contributed by atoms with Gasteiger partial charge in [0.15, 0.2) is 5.69 Å². The molecule has 8 heteroatoms. The van der Waals surface area contributed by atoms with Crippen LogP contribution in [0.2, 0.25) is 0 Å². The van der Waals surface area contributed by atoms with Gasteiger partial charge in [-0.05, 0) is 29.2 Å². The normalized spacial score (nSPS) is 10.3. The second-order valence-corrected chi connectivity index (χ2v) is 4.85. The second-order valence-electron chi connectivity index (χ2n) is 3.93. The summed E-state index contributed by atoms with van der Waals surface area (Å²) in [5, 5.41) is 13.0. The molecule has 6 nitrogen and oxygen atoms in total. The number of nitrogens with one attached hydrogen (secondary N) is 2. The Balaban J connectivity index is 2.04. The largest absolute Gasteiger partial charge is 0.358 e. The fourth-order valence-corrected chi connectivity index (χ4v) is 1.98. The van der Waals surface area contributed by atoms with Crippen LogP contribution in [0, 0.1) is 15.9 Å². The molecule has 0 unspecified atom stereocenters. The number of H-pyrrole nitrogens is 1. The van der Waals surface area contributed by atoms with E-state index in [0.29, 0.717) is 10.0 Å². The first kappa shape index (κ1) is 14.2. The molecular weight excluding hydrogens is 333 g/mol.